The highest BCUT2D eigenvalue weighted by molar-refractivity contribution is 6.36. The molecule has 2 rings (SSSR count). The van der Waals surface area contributed by atoms with Crippen LogP contribution in [0.5, 0.6) is 0 Å². The third kappa shape index (κ3) is 4.32. The van der Waals surface area contributed by atoms with E-state index in [0.29, 0.717) is 35.2 Å². The Kier molecular flexibility index (Phi) is 5.07. The zero-order valence-corrected chi connectivity index (χ0v) is 12.4. The van der Waals surface area contributed by atoms with Gasteiger partial charge in [0.05, 0.1) is 13.2 Å². The summed E-state index contributed by atoms with van der Waals surface area (Å²) in [6.45, 7) is 3.60. The molecule has 19 heavy (non-hydrogen) atoms. The first-order valence-corrected chi connectivity index (χ1v) is 7.16. The van der Waals surface area contributed by atoms with Crippen LogP contribution >= 0.6 is 23.2 Å². The Morgan fingerprint density at radius 2 is 2.11 bits per heavy atom. The van der Waals surface area contributed by atoms with Gasteiger partial charge in [-0.05, 0) is 31.0 Å². The van der Waals surface area contributed by atoms with Gasteiger partial charge in [-0.15, -0.1) is 0 Å². The van der Waals surface area contributed by atoms with Crippen molar-refractivity contribution in [2.75, 3.05) is 19.8 Å². The Hall–Kier alpha value is -0.350. The molecule has 1 aromatic carbocycles. The third-order valence-corrected chi connectivity index (χ3v) is 3.99. The number of alkyl halides is 1. The number of nitrogens with one attached hydrogen (secondary N) is 1. The molecule has 1 aromatic rings. The summed E-state index contributed by atoms with van der Waals surface area (Å²) in [5.41, 5.74) is -0.694. The predicted molar refractivity (Wildman–Crippen MR) is 76.9 cm³/mol. The van der Waals surface area contributed by atoms with Gasteiger partial charge in [0.15, 0.2) is 0 Å². The SMILES string of the molecule is CC(F)(Cc1c(Cl)cccc1Cl)CC1COCCN1. The van der Waals surface area contributed by atoms with Gasteiger partial charge in [-0.2, -0.15) is 0 Å². The molecule has 0 spiro atoms. The normalized spacial score (nSPS) is 23.1. The molecule has 0 aliphatic carbocycles. The fourth-order valence-corrected chi connectivity index (χ4v) is 2.94. The van der Waals surface area contributed by atoms with Gasteiger partial charge >= 0.3 is 0 Å². The highest BCUT2D eigenvalue weighted by atomic mass is 35.5. The monoisotopic (exact) mass is 305 g/mol. The van der Waals surface area contributed by atoms with Crippen molar-refractivity contribution in [3.63, 3.8) is 0 Å². The van der Waals surface area contributed by atoms with Crippen LogP contribution in [0.25, 0.3) is 0 Å². The fourth-order valence-electron chi connectivity index (χ4n) is 2.41. The summed E-state index contributed by atoms with van der Waals surface area (Å²) < 4.78 is 20.1. The predicted octanol–water partition coefficient (Wildman–Crippen LogP) is 3.64. The summed E-state index contributed by atoms with van der Waals surface area (Å²) in [5, 5.41) is 4.29. The zero-order valence-electron chi connectivity index (χ0n) is 10.9. The van der Waals surface area contributed by atoms with Crippen LogP contribution in [0.15, 0.2) is 18.2 Å². The van der Waals surface area contributed by atoms with Crippen LogP contribution in [0.2, 0.25) is 10.0 Å². The van der Waals surface area contributed by atoms with Gasteiger partial charge in [0.2, 0.25) is 0 Å². The molecule has 1 fully saturated rings. The van der Waals surface area contributed by atoms with Crippen LogP contribution in [0, 0.1) is 0 Å². The largest absolute Gasteiger partial charge is 0.379 e. The summed E-state index contributed by atoms with van der Waals surface area (Å²) in [6, 6.07) is 5.28. The van der Waals surface area contributed by atoms with E-state index in [1.165, 1.54) is 0 Å². The van der Waals surface area contributed by atoms with Gasteiger partial charge in [0.25, 0.3) is 0 Å². The van der Waals surface area contributed by atoms with Gasteiger partial charge in [0.1, 0.15) is 5.67 Å². The molecule has 106 valence electrons. The maximum atomic E-state index is 14.7. The zero-order chi connectivity index (χ0) is 13.9. The maximum absolute atomic E-state index is 14.7. The standard InChI is InChI=1S/C14H18Cl2FNO/c1-14(17,7-10-9-19-6-5-18-10)8-11-12(15)3-2-4-13(11)16/h2-4,10,18H,5-9H2,1H3. The molecule has 0 aromatic heterocycles. The summed E-state index contributed by atoms with van der Waals surface area (Å²) in [7, 11) is 0. The molecule has 2 atom stereocenters. The molecule has 1 aliphatic rings. The van der Waals surface area contributed by atoms with Crippen LogP contribution in [0.3, 0.4) is 0 Å². The Bertz CT molecular complexity index is 413. The second kappa shape index (κ2) is 6.40. The van der Waals surface area contributed by atoms with Gasteiger partial charge in [-0.3, -0.25) is 0 Å². The van der Waals surface area contributed by atoms with Crippen molar-refractivity contribution in [3.05, 3.63) is 33.8 Å². The Labute approximate surface area is 123 Å². The van der Waals surface area contributed by atoms with Crippen LogP contribution in [0.4, 0.5) is 4.39 Å². The number of benzene rings is 1. The maximum Gasteiger partial charge on any atom is 0.114 e. The summed E-state index contributed by atoms with van der Waals surface area (Å²) in [5.74, 6) is 0. The molecule has 0 saturated carbocycles. The highest BCUT2D eigenvalue weighted by Gasteiger charge is 2.30. The first kappa shape index (κ1) is 15.0. The smallest absolute Gasteiger partial charge is 0.114 e. The first-order valence-electron chi connectivity index (χ1n) is 6.41. The quantitative estimate of drug-likeness (QED) is 0.917. The second-order valence-corrected chi connectivity index (χ2v) is 6.03. The molecule has 0 bridgehead atoms. The molecule has 2 nitrogen and oxygen atoms in total. The van der Waals surface area contributed by atoms with E-state index in [2.05, 4.69) is 5.32 Å². The van der Waals surface area contributed by atoms with E-state index in [4.69, 9.17) is 27.9 Å². The third-order valence-electron chi connectivity index (χ3n) is 3.28. The van der Waals surface area contributed by atoms with Gasteiger partial charge in [-0.1, -0.05) is 29.3 Å². The molecule has 1 aliphatic heterocycles. The Balaban J connectivity index is 2.03. The molecule has 0 amide bonds. The molecule has 0 radical (unpaired) electrons. The summed E-state index contributed by atoms with van der Waals surface area (Å²) in [4.78, 5) is 0. The van der Waals surface area contributed by atoms with Gasteiger partial charge in [-0.25, -0.2) is 4.39 Å². The molecular weight excluding hydrogens is 288 g/mol. The minimum absolute atomic E-state index is 0.0463. The average Bonchev–Trinajstić information content (AvgIpc) is 2.35. The van der Waals surface area contributed by atoms with E-state index in [-0.39, 0.29) is 12.5 Å². The summed E-state index contributed by atoms with van der Waals surface area (Å²) >= 11 is 12.2. The average molecular weight is 306 g/mol. The van der Waals surface area contributed by atoms with Crippen molar-refractivity contribution in [2.45, 2.75) is 31.5 Å². The van der Waals surface area contributed by atoms with Crippen LogP contribution in [0.1, 0.15) is 18.9 Å². The van der Waals surface area contributed by atoms with Crippen molar-refractivity contribution < 1.29 is 9.13 Å². The van der Waals surface area contributed by atoms with Crippen molar-refractivity contribution in [1.82, 2.24) is 5.32 Å². The number of morpholine rings is 1. The van der Waals surface area contributed by atoms with E-state index in [0.717, 1.165) is 6.54 Å². The first-order chi connectivity index (χ1) is 8.98. The Morgan fingerprint density at radius 3 is 2.68 bits per heavy atom. The van der Waals surface area contributed by atoms with Crippen molar-refractivity contribution in [2.24, 2.45) is 0 Å². The molecule has 5 heteroatoms. The number of halogens is 3. The van der Waals surface area contributed by atoms with E-state index in [1.807, 2.05) is 0 Å². The van der Waals surface area contributed by atoms with E-state index >= 15 is 0 Å². The highest BCUT2D eigenvalue weighted by Crippen LogP contribution is 2.32. The van der Waals surface area contributed by atoms with Crippen LogP contribution in [-0.4, -0.2) is 31.5 Å². The van der Waals surface area contributed by atoms with Crippen molar-refractivity contribution in [1.29, 1.82) is 0 Å². The lowest BCUT2D eigenvalue weighted by molar-refractivity contribution is 0.0483. The number of ether oxygens (including phenoxy) is 1. The van der Waals surface area contributed by atoms with E-state index < -0.39 is 5.67 Å². The van der Waals surface area contributed by atoms with Gasteiger partial charge < -0.3 is 10.1 Å². The molecule has 2 unspecified atom stereocenters. The van der Waals surface area contributed by atoms with Crippen molar-refractivity contribution in [3.8, 4) is 0 Å². The van der Waals surface area contributed by atoms with Gasteiger partial charge in [0, 0.05) is 29.1 Å². The lowest BCUT2D eigenvalue weighted by Gasteiger charge is -2.30. The van der Waals surface area contributed by atoms with Crippen molar-refractivity contribution >= 4 is 23.2 Å². The summed E-state index contributed by atoms with van der Waals surface area (Å²) in [6.07, 6.45) is 0.595. The minimum Gasteiger partial charge on any atom is -0.379 e. The molecular formula is C14H18Cl2FNO. The number of hydrogen-bond acceptors (Lipinski definition) is 2. The van der Waals surface area contributed by atoms with E-state index in [9.17, 15) is 4.39 Å². The Morgan fingerprint density at radius 1 is 1.42 bits per heavy atom. The number of hydrogen-bond donors (Lipinski definition) is 1. The minimum atomic E-state index is -1.37. The molecule has 1 saturated heterocycles. The second-order valence-electron chi connectivity index (χ2n) is 5.22. The lowest BCUT2D eigenvalue weighted by Crippen LogP contribution is -2.45. The van der Waals surface area contributed by atoms with Crippen LogP contribution < -0.4 is 5.32 Å². The van der Waals surface area contributed by atoms with Crippen LogP contribution in [-0.2, 0) is 11.2 Å². The lowest BCUT2D eigenvalue weighted by atomic mass is 9.91. The van der Waals surface area contributed by atoms with E-state index in [1.54, 1.807) is 25.1 Å². The fraction of sp³-hybridized carbons (Fsp3) is 0.571. The molecule has 1 N–H and O–H groups in total. The number of rotatable bonds is 4. The molecule has 1 heterocycles. The topological polar surface area (TPSA) is 21.3 Å².